The SMILES string of the molecule is COc1c(OC2CCOCC2)cccc1C1CCNCC1. The predicted molar refractivity (Wildman–Crippen MR) is 82.3 cm³/mol. The molecule has 0 spiro atoms. The van der Waals surface area contributed by atoms with E-state index in [2.05, 4.69) is 17.4 Å². The maximum atomic E-state index is 6.19. The molecule has 2 aliphatic heterocycles. The lowest BCUT2D eigenvalue weighted by atomic mass is 9.89. The Morgan fingerprint density at radius 1 is 1.10 bits per heavy atom. The number of rotatable bonds is 4. The van der Waals surface area contributed by atoms with Gasteiger partial charge in [0.25, 0.3) is 0 Å². The Labute approximate surface area is 126 Å². The second-order valence-electron chi connectivity index (χ2n) is 5.83. The largest absolute Gasteiger partial charge is 0.493 e. The summed E-state index contributed by atoms with van der Waals surface area (Å²) in [5, 5.41) is 3.42. The monoisotopic (exact) mass is 291 g/mol. The maximum Gasteiger partial charge on any atom is 0.164 e. The first kappa shape index (κ1) is 14.7. The summed E-state index contributed by atoms with van der Waals surface area (Å²) in [6, 6.07) is 6.30. The summed E-state index contributed by atoms with van der Waals surface area (Å²) in [5.41, 5.74) is 1.29. The van der Waals surface area contributed by atoms with Gasteiger partial charge in [-0.05, 0) is 37.9 Å². The number of hydrogen-bond acceptors (Lipinski definition) is 4. The van der Waals surface area contributed by atoms with Crippen LogP contribution in [0, 0.1) is 0 Å². The molecule has 0 aromatic heterocycles. The van der Waals surface area contributed by atoms with Crippen molar-refractivity contribution < 1.29 is 14.2 Å². The van der Waals surface area contributed by atoms with Crippen molar-refractivity contribution in [2.24, 2.45) is 0 Å². The van der Waals surface area contributed by atoms with Crippen molar-refractivity contribution in [2.75, 3.05) is 33.4 Å². The highest BCUT2D eigenvalue weighted by molar-refractivity contribution is 5.48. The van der Waals surface area contributed by atoms with Gasteiger partial charge in [0.1, 0.15) is 6.10 Å². The Bertz CT molecular complexity index is 451. The first-order valence-electron chi connectivity index (χ1n) is 8.00. The van der Waals surface area contributed by atoms with Gasteiger partial charge in [-0.15, -0.1) is 0 Å². The first-order valence-corrected chi connectivity index (χ1v) is 8.00. The zero-order valence-electron chi connectivity index (χ0n) is 12.8. The third-order valence-corrected chi connectivity index (χ3v) is 4.45. The number of methoxy groups -OCH3 is 1. The number of hydrogen-bond donors (Lipinski definition) is 1. The van der Waals surface area contributed by atoms with Crippen LogP contribution in [0.3, 0.4) is 0 Å². The second kappa shape index (κ2) is 7.14. The van der Waals surface area contributed by atoms with Crippen molar-refractivity contribution in [2.45, 2.75) is 37.7 Å². The zero-order valence-corrected chi connectivity index (χ0v) is 12.8. The van der Waals surface area contributed by atoms with Crippen molar-refractivity contribution in [3.05, 3.63) is 23.8 Å². The van der Waals surface area contributed by atoms with Gasteiger partial charge < -0.3 is 19.5 Å². The fraction of sp³-hybridized carbons (Fsp3) is 0.647. The molecule has 21 heavy (non-hydrogen) atoms. The minimum Gasteiger partial charge on any atom is -0.493 e. The van der Waals surface area contributed by atoms with E-state index in [0.29, 0.717) is 5.92 Å². The molecule has 116 valence electrons. The van der Waals surface area contributed by atoms with Crippen molar-refractivity contribution >= 4 is 0 Å². The highest BCUT2D eigenvalue weighted by atomic mass is 16.5. The summed E-state index contributed by atoms with van der Waals surface area (Å²) < 4.78 is 17.3. The van der Waals surface area contributed by atoms with Crippen LogP contribution in [0.1, 0.15) is 37.2 Å². The fourth-order valence-electron chi connectivity index (χ4n) is 3.27. The summed E-state index contributed by atoms with van der Waals surface area (Å²) in [7, 11) is 1.75. The van der Waals surface area contributed by atoms with E-state index >= 15 is 0 Å². The Morgan fingerprint density at radius 2 is 1.86 bits per heavy atom. The second-order valence-corrected chi connectivity index (χ2v) is 5.83. The molecule has 2 saturated heterocycles. The number of nitrogens with one attached hydrogen (secondary N) is 1. The summed E-state index contributed by atoms with van der Waals surface area (Å²) in [5.74, 6) is 2.38. The van der Waals surface area contributed by atoms with E-state index in [4.69, 9.17) is 14.2 Å². The van der Waals surface area contributed by atoms with Crippen LogP contribution < -0.4 is 14.8 Å². The lowest BCUT2D eigenvalue weighted by molar-refractivity contribution is 0.0245. The molecule has 0 amide bonds. The standard InChI is InChI=1S/C17H25NO3/c1-19-17-15(13-5-9-18-10-6-13)3-2-4-16(17)21-14-7-11-20-12-8-14/h2-4,13-14,18H,5-12H2,1H3. The van der Waals surface area contributed by atoms with E-state index in [-0.39, 0.29) is 6.10 Å². The number of para-hydroxylation sites is 1. The van der Waals surface area contributed by atoms with E-state index in [1.165, 1.54) is 5.56 Å². The number of benzene rings is 1. The first-order chi connectivity index (χ1) is 10.4. The highest BCUT2D eigenvalue weighted by Crippen LogP contribution is 2.39. The van der Waals surface area contributed by atoms with E-state index < -0.39 is 0 Å². The summed E-state index contributed by atoms with van der Waals surface area (Å²) in [4.78, 5) is 0. The Balaban J connectivity index is 1.79. The molecule has 1 N–H and O–H groups in total. The lowest BCUT2D eigenvalue weighted by Gasteiger charge is -2.28. The van der Waals surface area contributed by atoms with Crippen molar-refractivity contribution in [3.8, 4) is 11.5 Å². The van der Waals surface area contributed by atoms with Crippen molar-refractivity contribution in [3.63, 3.8) is 0 Å². The molecule has 2 heterocycles. The van der Waals surface area contributed by atoms with Crippen molar-refractivity contribution in [1.29, 1.82) is 0 Å². The zero-order chi connectivity index (χ0) is 14.5. The minimum atomic E-state index is 0.246. The fourth-order valence-corrected chi connectivity index (χ4v) is 3.27. The number of piperidine rings is 1. The lowest BCUT2D eigenvalue weighted by Crippen LogP contribution is -2.27. The van der Waals surface area contributed by atoms with Crippen LogP contribution in [0.5, 0.6) is 11.5 Å². The van der Waals surface area contributed by atoms with Crippen LogP contribution in [-0.4, -0.2) is 39.5 Å². The Hall–Kier alpha value is -1.26. The van der Waals surface area contributed by atoms with Gasteiger partial charge in [-0.2, -0.15) is 0 Å². The van der Waals surface area contributed by atoms with Gasteiger partial charge in [-0.3, -0.25) is 0 Å². The number of ether oxygens (including phenoxy) is 3. The normalized spacial score (nSPS) is 21.2. The quantitative estimate of drug-likeness (QED) is 0.926. The van der Waals surface area contributed by atoms with Gasteiger partial charge in [0.15, 0.2) is 11.5 Å². The van der Waals surface area contributed by atoms with Gasteiger partial charge >= 0.3 is 0 Å². The van der Waals surface area contributed by atoms with Crippen LogP contribution in [0.2, 0.25) is 0 Å². The molecule has 0 atom stereocenters. The summed E-state index contributed by atoms with van der Waals surface area (Å²) >= 11 is 0. The smallest absolute Gasteiger partial charge is 0.164 e. The predicted octanol–water partition coefficient (Wildman–Crippen LogP) is 2.72. The van der Waals surface area contributed by atoms with E-state index in [1.54, 1.807) is 7.11 Å². The van der Waals surface area contributed by atoms with Crippen LogP contribution >= 0.6 is 0 Å². The van der Waals surface area contributed by atoms with Gasteiger partial charge in [0.05, 0.1) is 20.3 Å². The molecule has 0 saturated carbocycles. The molecule has 1 aromatic carbocycles. The summed E-state index contributed by atoms with van der Waals surface area (Å²) in [6.07, 6.45) is 4.49. The molecule has 2 aliphatic rings. The molecule has 1 aromatic rings. The molecule has 0 bridgehead atoms. The van der Waals surface area contributed by atoms with Gasteiger partial charge in [0, 0.05) is 18.4 Å². The van der Waals surface area contributed by atoms with Gasteiger partial charge in [-0.1, -0.05) is 12.1 Å². The van der Waals surface area contributed by atoms with Crippen molar-refractivity contribution in [1.82, 2.24) is 5.32 Å². The molecule has 2 fully saturated rings. The van der Waals surface area contributed by atoms with Crippen LogP contribution in [0.25, 0.3) is 0 Å². The third-order valence-electron chi connectivity index (χ3n) is 4.45. The van der Waals surface area contributed by atoms with E-state index in [0.717, 1.165) is 63.5 Å². The minimum absolute atomic E-state index is 0.246. The summed E-state index contributed by atoms with van der Waals surface area (Å²) in [6.45, 7) is 3.75. The maximum absolute atomic E-state index is 6.19. The average molecular weight is 291 g/mol. The molecule has 4 heteroatoms. The van der Waals surface area contributed by atoms with E-state index in [1.807, 2.05) is 6.07 Å². The van der Waals surface area contributed by atoms with Crippen LogP contribution in [0.4, 0.5) is 0 Å². The molecule has 3 rings (SSSR count). The third kappa shape index (κ3) is 3.50. The molecular weight excluding hydrogens is 266 g/mol. The topological polar surface area (TPSA) is 39.7 Å². The van der Waals surface area contributed by atoms with Gasteiger partial charge in [0.2, 0.25) is 0 Å². The van der Waals surface area contributed by atoms with Gasteiger partial charge in [-0.25, -0.2) is 0 Å². The Kier molecular flexibility index (Phi) is 4.99. The molecule has 0 aliphatic carbocycles. The Morgan fingerprint density at radius 3 is 2.57 bits per heavy atom. The molecular formula is C17H25NO3. The highest BCUT2D eigenvalue weighted by Gasteiger charge is 2.23. The molecule has 0 unspecified atom stereocenters. The van der Waals surface area contributed by atoms with Crippen LogP contribution in [-0.2, 0) is 4.74 Å². The van der Waals surface area contributed by atoms with E-state index in [9.17, 15) is 0 Å². The molecule has 4 nitrogen and oxygen atoms in total. The average Bonchev–Trinajstić information content (AvgIpc) is 2.56. The van der Waals surface area contributed by atoms with Crippen LogP contribution in [0.15, 0.2) is 18.2 Å². The molecule has 0 radical (unpaired) electrons.